The number of hydrogen-bond acceptors (Lipinski definition) is 4. The molecule has 2 rings (SSSR count). The fraction of sp³-hybridized carbons (Fsp3) is 0.786. The molecular weight excluding hydrogens is 256 g/mol. The van der Waals surface area contributed by atoms with Gasteiger partial charge in [-0.2, -0.15) is 4.98 Å². The van der Waals surface area contributed by atoms with Crippen molar-refractivity contribution in [3.8, 4) is 0 Å². The summed E-state index contributed by atoms with van der Waals surface area (Å²) in [4.78, 5) is 18.3. The fourth-order valence-corrected chi connectivity index (χ4v) is 2.38. The third-order valence-corrected chi connectivity index (χ3v) is 3.68. The standard InChI is InChI=1S/C14H24N4O2/c1-10(2)13-16-12(20-17-13)7-8-15-14(19)18-9-5-4-6-11(18)3/h10-11H,4-9H2,1-3H3,(H,15,19)/t11-/m1/s1. The molecule has 1 atom stereocenters. The van der Waals surface area contributed by atoms with E-state index in [0.29, 0.717) is 24.9 Å². The van der Waals surface area contributed by atoms with Gasteiger partial charge in [-0.3, -0.25) is 0 Å². The first kappa shape index (κ1) is 14.8. The molecule has 1 aromatic rings. The summed E-state index contributed by atoms with van der Waals surface area (Å²) in [7, 11) is 0. The van der Waals surface area contributed by atoms with Crippen LogP contribution in [0.2, 0.25) is 0 Å². The summed E-state index contributed by atoms with van der Waals surface area (Å²) < 4.78 is 5.15. The molecule has 0 aliphatic carbocycles. The minimum absolute atomic E-state index is 0.0146. The van der Waals surface area contributed by atoms with Crippen LogP contribution < -0.4 is 5.32 Å². The molecule has 2 heterocycles. The Labute approximate surface area is 119 Å². The molecule has 2 amide bonds. The van der Waals surface area contributed by atoms with Crippen LogP contribution >= 0.6 is 0 Å². The van der Waals surface area contributed by atoms with Crippen LogP contribution in [0.15, 0.2) is 4.52 Å². The van der Waals surface area contributed by atoms with Crippen molar-refractivity contribution in [3.05, 3.63) is 11.7 Å². The predicted octanol–water partition coefficient (Wildman–Crippen LogP) is 2.32. The highest BCUT2D eigenvalue weighted by molar-refractivity contribution is 5.74. The normalized spacial score (nSPS) is 19.4. The van der Waals surface area contributed by atoms with Crippen LogP contribution in [0.4, 0.5) is 4.79 Å². The fourth-order valence-electron chi connectivity index (χ4n) is 2.38. The summed E-state index contributed by atoms with van der Waals surface area (Å²) >= 11 is 0. The molecule has 0 saturated carbocycles. The first-order chi connectivity index (χ1) is 9.58. The van der Waals surface area contributed by atoms with E-state index < -0.39 is 0 Å². The van der Waals surface area contributed by atoms with E-state index in [-0.39, 0.29) is 11.9 Å². The number of urea groups is 1. The SMILES string of the molecule is CC(C)c1noc(CCNC(=O)N2CCCC[C@H]2C)n1. The number of carbonyl (C=O) groups is 1. The van der Waals surface area contributed by atoms with Gasteiger partial charge < -0.3 is 14.7 Å². The second-order valence-electron chi connectivity index (χ2n) is 5.72. The average molecular weight is 280 g/mol. The zero-order chi connectivity index (χ0) is 14.5. The third-order valence-electron chi connectivity index (χ3n) is 3.68. The minimum atomic E-state index is 0.0146. The summed E-state index contributed by atoms with van der Waals surface area (Å²) in [5.74, 6) is 1.56. The Morgan fingerprint density at radius 2 is 2.30 bits per heavy atom. The third kappa shape index (κ3) is 3.71. The molecular formula is C14H24N4O2. The van der Waals surface area contributed by atoms with E-state index in [1.54, 1.807) is 0 Å². The maximum absolute atomic E-state index is 12.1. The van der Waals surface area contributed by atoms with E-state index in [1.165, 1.54) is 6.42 Å². The van der Waals surface area contributed by atoms with Crippen molar-refractivity contribution >= 4 is 6.03 Å². The van der Waals surface area contributed by atoms with E-state index in [1.807, 2.05) is 18.7 Å². The van der Waals surface area contributed by atoms with Crippen LogP contribution in [0.1, 0.15) is 57.7 Å². The van der Waals surface area contributed by atoms with E-state index in [9.17, 15) is 4.79 Å². The topological polar surface area (TPSA) is 71.3 Å². The van der Waals surface area contributed by atoms with Gasteiger partial charge in [0, 0.05) is 31.5 Å². The number of nitrogens with one attached hydrogen (secondary N) is 1. The second kappa shape index (κ2) is 6.72. The second-order valence-corrected chi connectivity index (χ2v) is 5.72. The Balaban J connectivity index is 1.75. The molecule has 1 saturated heterocycles. The monoisotopic (exact) mass is 280 g/mol. The van der Waals surface area contributed by atoms with Gasteiger partial charge in [-0.15, -0.1) is 0 Å². The largest absolute Gasteiger partial charge is 0.339 e. The van der Waals surface area contributed by atoms with Gasteiger partial charge >= 0.3 is 6.03 Å². The number of amides is 2. The van der Waals surface area contributed by atoms with E-state index >= 15 is 0 Å². The highest BCUT2D eigenvalue weighted by atomic mass is 16.5. The predicted molar refractivity (Wildman–Crippen MR) is 75.5 cm³/mol. The average Bonchev–Trinajstić information content (AvgIpc) is 2.88. The van der Waals surface area contributed by atoms with Crippen LogP contribution in [-0.2, 0) is 6.42 Å². The lowest BCUT2D eigenvalue weighted by atomic mass is 10.0. The molecule has 0 bridgehead atoms. The van der Waals surface area contributed by atoms with Crippen LogP contribution in [0.25, 0.3) is 0 Å². The Morgan fingerprint density at radius 3 is 2.95 bits per heavy atom. The molecule has 6 nitrogen and oxygen atoms in total. The summed E-state index contributed by atoms with van der Waals surface area (Å²) in [6, 6.07) is 0.348. The highest BCUT2D eigenvalue weighted by Crippen LogP contribution is 2.16. The van der Waals surface area contributed by atoms with E-state index in [4.69, 9.17) is 4.52 Å². The highest BCUT2D eigenvalue weighted by Gasteiger charge is 2.22. The van der Waals surface area contributed by atoms with Crippen molar-refractivity contribution in [2.24, 2.45) is 0 Å². The zero-order valence-electron chi connectivity index (χ0n) is 12.6. The van der Waals surface area contributed by atoms with Crippen molar-refractivity contribution in [2.45, 2.75) is 58.4 Å². The first-order valence-corrected chi connectivity index (χ1v) is 7.45. The van der Waals surface area contributed by atoms with Crippen molar-refractivity contribution < 1.29 is 9.32 Å². The lowest BCUT2D eigenvalue weighted by Crippen LogP contribution is -2.47. The van der Waals surface area contributed by atoms with Gasteiger partial charge in [0.15, 0.2) is 5.82 Å². The number of piperidine rings is 1. The molecule has 1 aromatic heterocycles. The molecule has 112 valence electrons. The molecule has 1 aliphatic rings. The van der Waals surface area contributed by atoms with Crippen molar-refractivity contribution in [3.63, 3.8) is 0 Å². The number of carbonyl (C=O) groups excluding carboxylic acids is 1. The lowest BCUT2D eigenvalue weighted by Gasteiger charge is -2.33. The molecule has 20 heavy (non-hydrogen) atoms. The van der Waals surface area contributed by atoms with E-state index in [0.717, 1.165) is 25.2 Å². The van der Waals surface area contributed by atoms with Gasteiger partial charge in [0.25, 0.3) is 0 Å². The molecule has 1 aliphatic heterocycles. The summed E-state index contributed by atoms with van der Waals surface area (Å²) in [5, 5.41) is 6.84. The van der Waals surface area contributed by atoms with Gasteiger partial charge in [0.2, 0.25) is 5.89 Å². The molecule has 6 heteroatoms. The summed E-state index contributed by atoms with van der Waals surface area (Å²) in [5.41, 5.74) is 0. The molecule has 0 aromatic carbocycles. The lowest BCUT2D eigenvalue weighted by molar-refractivity contribution is 0.158. The van der Waals surface area contributed by atoms with E-state index in [2.05, 4.69) is 22.4 Å². The van der Waals surface area contributed by atoms with Gasteiger partial charge in [-0.1, -0.05) is 19.0 Å². The molecule has 1 N–H and O–H groups in total. The van der Waals surface area contributed by atoms with Gasteiger partial charge in [0.05, 0.1) is 0 Å². The van der Waals surface area contributed by atoms with Crippen molar-refractivity contribution in [2.75, 3.05) is 13.1 Å². The number of rotatable bonds is 4. The summed E-state index contributed by atoms with van der Waals surface area (Å²) in [6.07, 6.45) is 3.98. The maximum Gasteiger partial charge on any atom is 0.317 e. The van der Waals surface area contributed by atoms with Crippen LogP contribution in [-0.4, -0.2) is 40.2 Å². The van der Waals surface area contributed by atoms with Crippen LogP contribution in [0.3, 0.4) is 0 Å². The first-order valence-electron chi connectivity index (χ1n) is 7.45. The summed E-state index contributed by atoms with van der Waals surface area (Å²) in [6.45, 7) is 7.53. The number of likely N-dealkylation sites (tertiary alicyclic amines) is 1. The van der Waals surface area contributed by atoms with Crippen LogP contribution in [0, 0.1) is 0 Å². The smallest absolute Gasteiger partial charge is 0.317 e. The number of hydrogen-bond donors (Lipinski definition) is 1. The molecule has 0 radical (unpaired) electrons. The van der Waals surface area contributed by atoms with Crippen molar-refractivity contribution in [1.82, 2.24) is 20.4 Å². The Morgan fingerprint density at radius 1 is 1.50 bits per heavy atom. The van der Waals surface area contributed by atoms with Gasteiger partial charge in [0.1, 0.15) is 0 Å². The van der Waals surface area contributed by atoms with Gasteiger partial charge in [-0.05, 0) is 26.2 Å². The maximum atomic E-state index is 12.1. The van der Waals surface area contributed by atoms with Crippen LogP contribution in [0.5, 0.6) is 0 Å². The number of aromatic nitrogens is 2. The Bertz CT molecular complexity index is 444. The zero-order valence-corrected chi connectivity index (χ0v) is 12.6. The quantitative estimate of drug-likeness (QED) is 0.918. The molecule has 1 fully saturated rings. The van der Waals surface area contributed by atoms with Gasteiger partial charge in [-0.25, -0.2) is 4.79 Å². The minimum Gasteiger partial charge on any atom is -0.339 e. The van der Waals surface area contributed by atoms with Crippen molar-refractivity contribution in [1.29, 1.82) is 0 Å². The molecule has 0 unspecified atom stereocenters. The number of nitrogens with zero attached hydrogens (tertiary/aromatic N) is 3. The Kier molecular flexibility index (Phi) is 4.98. The molecule has 0 spiro atoms. The Hall–Kier alpha value is -1.59.